The molecule has 0 spiro atoms. The van der Waals surface area contributed by atoms with E-state index in [4.69, 9.17) is 17.1 Å². The van der Waals surface area contributed by atoms with Crippen LogP contribution in [0.5, 0.6) is 0 Å². The standard InChI is InChI=1S/C10H11ClFN3O2/c11-7-3-1-2-6(9(7)12)10(17)8(16)4-5-14-15-13/h1-3,8,10,16-17H,4-5H2. The zero-order valence-corrected chi connectivity index (χ0v) is 9.55. The van der Waals surface area contributed by atoms with Crippen LogP contribution in [-0.4, -0.2) is 22.9 Å². The van der Waals surface area contributed by atoms with Gasteiger partial charge >= 0.3 is 0 Å². The Morgan fingerprint density at radius 2 is 2.18 bits per heavy atom. The molecule has 92 valence electrons. The SMILES string of the molecule is [N-]=[N+]=NCCC(O)C(O)c1cccc(Cl)c1F. The van der Waals surface area contributed by atoms with Crippen molar-refractivity contribution in [2.24, 2.45) is 5.11 Å². The maximum atomic E-state index is 13.5. The van der Waals surface area contributed by atoms with E-state index < -0.39 is 18.0 Å². The Hall–Kier alpha value is -1.33. The molecule has 0 bridgehead atoms. The Morgan fingerprint density at radius 1 is 1.47 bits per heavy atom. The summed E-state index contributed by atoms with van der Waals surface area (Å²) in [5.41, 5.74) is 7.97. The minimum atomic E-state index is -1.40. The molecule has 0 aliphatic carbocycles. The summed E-state index contributed by atoms with van der Waals surface area (Å²) in [6, 6.07) is 4.16. The van der Waals surface area contributed by atoms with Crippen LogP contribution in [-0.2, 0) is 0 Å². The van der Waals surface area contributed by atoms with Crippen molar-refractivity contribution in [1.82, 2.24) is 0 Å². The average Bonchev–Trinajstić information content (AvgIpc) is 2.32. The average molecular weight is 260 g/mol. The van der Waals surface area contributed by atoms with Gasteiger partial charge < -0.3 is 10.2 Å². The first-order valence-electron chi connectivity index (χ1n) is 4.88. The minimum Gasteiger partial charge on any atom is -0.390 e. The third-order valence-corrected chi connectivity index (χ3v) is 2.54. The molecule has 2 N–H and O–H groups in total. The van der Waals surface area contributed by atoms with Gasteiger partial charge in [0, 0.05) is 17.0 Å². The van der Waals surface area contributed by atoms with E-state index in [0.29, 0.717) is 0 Å². The Morgan fingerprint density at radius 3 is 2.82 bits per heavy atom. The molecule has 0 radical (unpaired) electrons. The van der Waals surface area contributed by atoms with E-state index in [-0.39, 0.29) is 23.6 Å². The third-order valence-electron chi connectivity index (χ3n) is 2.25. The van der Waals surface area contributed by atoms with Crippen LogP contribution in [0.15, 0.2) is 23.3 Å². The van der Waals surface area contributed by atoms with Crippen LogP contribution in [0, 0.1) is 5.82 Å². The van der Waals surface area contributed by atoms with Crippen LogP contribution in [0.3, 0.4) is 0 Å². The molecule has 7 heteroatoms. The lowest BCUT2D eigenvalue weighted by atomic mass is 10.0. The van der Waals surface area contributed by atoms with E-state index in [1.165, 1.54) is 18.2 Å². The molecule has 1 aromatic rings. The van der Waals surface area contributed by atoms with Crippen molar-refractivity contribution < 1.29 is 14.6 Å². The molecule has 0 saturated carbocycles. The molecule has 0 amide bonds. The van der Waals surface area contributed by atoms with Gasteiger partial charge in [-0.25, -0.2) is 4.39 Å². The van der Waals surface area contributed by atoms with Gasteiger partial charge in [0.15, 0.2) is 0 Å². The van der Waals surface area contributed by atoms with Crippen LogP contribution in [0.2, 0.25) is 5.02 Å². The highest BCUT2D eigenvalue weighted by atomic mass is 35.5. The predicted octanol–water partition coefficient (Wildman–Crippen LogP) is 2.57. The van der Waals surface area contributed by atoms with E-state index in [0.717, 1.165) is 0 Å². The quantitative estimate of drug-likeness (QED) is 0.483. The summed E-state index contributed by atoms with van der Waals surface area (Å²) < 4.78 is 13.5. The molecular formula is C10H11ClFN3O2. The Bertz CT molecular complexity index is 438. The van der Waals surface area contributed by atoms with E-state index in [1.807, 2.05) is 0 Å². The van der Waals surface area contributed by atoms with Gasteiger partial charge in [0.25, 0.3) is 0 Å². The van der Waals surface area contributed by atoms with Gasteiger partial charge in [0.05, 0.1) is 11.1 Å². The Kier molecular flexibility index (Phi) is 5.18. The maximum Gasteiger partial charge on any atom is 0.147 e. The summed E-state index contributed by atoms with van der Waals surface area (Å²) >= 11 is 5.56. The largest absolute Gasteiger partial charge is 0.390 e. The molecular weight excluding hydrogens is 249 g/mol. The lowest BCUT2D eigenvalue weighted by Gasteiger charge is -2.18. The van der Waals surface area contributed by atoms with Crippen LogP contribution in [0.1, 0.15) is 18.1 Å². The maximum absolute atomic E-state index is 13.5. The first-order chi connectivity index (χ1) is 8.07. The number of aliphatic hydroxyl groups is 2. The highest BCUT2D eigenvalue weighted by Crippen LogP contribution is 2.26. The number of nitrogens with zero attached hydrogens (tertiary/aromatic N) is 3. The second-order valence-corrected chi connectivity index (χ2v) is 3.81. The Balaban J connectivity index is 2.77. The fourth-order valence-corrected chi connectivity index (χ4v) is 1.53. The lowest BCUT2D eigenvalue weighted by molar-refractivity contribution is 0.0130. The molecule has 0 saturated heterocycles. The van der Waals surface area contributed by atoms with Gasteiger partial charge in [0.1, 0.15) is 11.9 Å². The molecule has 1 rings (SSSR count). The van der Waals surface area contributed by atoms with Crippen LogP contribution in [0.25, 0.3) is 10.4 Å². The second-order valence-electron chi connectivity index (χ2n) is 3.40. The highest BCUT2D eigenvalue weighted by molar-refractivity contribution is 6.30. The first kappa shape index (κ1) is 13.7. The molecule has 5 nitrogen and oxygen atoms in total. The smallest absolute Gasteiger partial charge is 0.147 e. The number of benzene rings is 1. The van der Waals surface area contributed by atoms with Crippen molar-refractivity contribution in [3.8, 4) is 0 Å². The molecule has 0 heterocycles. The second kappa shape index (κ2) is 6.42. The minimum absolute atomic E-state index is 0.0247. The van der Waals surface area contributed by atoms with Gasteiger partial charge in [-0.1, -0.05) is 28.8 Å². The van der Waals surface area contributed by atoms with E-state index in [2.05, 4.69) is 10.0 Å². The summed E-state index contributed by atoms with van der Waals surface area (Å²) in [5.74, 6) is -0.760. The summed E-state index contributed by atoms with van der Waals surface area (Å²) in [6.45, 7) is 0.0247. The van der Waals surface area contributed by atoms with Crippen molar-refractivity contribution in [1.29, 1.82) is 0 Å². The fourth-order valence-electron chi connectivity index (χ4n) is 1.35. The molecule has 17 heavy (non-hydrogen) atoms. The molecule has 0 fully saturated rings. The Labute approximate surface area is 102 Å². The van der Waals surface area contributed by atoms with Gasteiger partial charge in [-0.05, 0) is 18.0 Å². The van der Waals surface area contributed by atoms with Gasteiger partial charge in [-0.2, -0.15) is 0 Å². The molecule has 0 aromatic heterocycles. The third kappa shape index (κ3) is 3.57. The summed E-state index contributed by atoms with van der Waals surface area (Å²) in [5, 5.41) is 22.4. The van der Waals surface area contributed by atoms with Gasteiger partial charge in [-0.3, -0.25) is 0 Å². The first-order valence-corrected chi connectivity index (χ1v) is 5.26. The fraction of sp³-hybridized carbons (Fsp3) is 0.400. The zero-order valence-electron chi connectivity index (χ0n) is 8.79. The number of aliphatic hydroxyl groups excluding tert-OH is 2. The topological polar surface area (TPSA) is 89.2 Å². The van der Waals surface area contributed by atoms with E-state index in [9.17, 15) is 14.6 Å². The van der Waals surface area contributed by atoms with E-state index >= 15 is 0 Å². The van der Waals surface area contributed by atoms with Crippen molar-refractivity contribution in [2.45, 2.75) is 18.6 Å². The van der Waals surface area contributed by atoms with E-state index in [1.54, 1.807) is 0 Å². The van der Waals surface area contributed by atoms with Gasteiger partial charge in [-0.15, -0.1) is 0 Å². The van der Waals surface area contributed by atoms with Crippen molar-refractivity contribution in [3.05, 3.63) is 45.0 Å². The monoisotopic (exact) mass is 259 g/mol. The summed E-state index contributed by atoms with van der Waals surface area (Å²) in [4.78, 5) is 2.51. The van der Waals surface area contributed by atoms with Crippen molar-refractivity contribution >= 4 is 11.6 Å². The van der Waals surface area contributed by atoms with Gasteiger partial charge in [0.2, 0.25) is 0 Å². The number of azide groups is 1. The van der Waals surface area contributed by atoms with Crippen LogP contribution >= 0.6 is 11.6 Å². The highest BCUT2D eigenvalue weighted by Gasteiger charge is 2.22. The molecule has 0 aliphatic rings. The van der Waals surface area contributed by atoms with Crippen LogP contribution < -0.4 is 0 Å². The number of hydrogen-bond acceptors (Lipinski definition) is 3. The lowest BCUT2D eigenvalue weighted by Crippen LogP contribution is -2.20. The van der Waals surface area contributed by atoms with Crippen molar-refractivity contribution in [3.63, 3.8) is 0 Å². The number of rotatable bonds is 5. The summed E-state index contributed by atoms with van der Waals surface area (Å²) in [6.07, 6.45) is -2.58. The predicted molar refractivity (Wildman–Crippen MR) is 61.0 cm³/mol. The normalized spacial score (nSPS) is 13.9. The van der Waals surface area contributed by atoms with Crippen molar-refractivity contribution in [2.75, 3.05) is 6.54 Å². The molecule has 2 unspecified atom stereocenters. The summed E-state index contributed by atoms with van der Waals surface area (Å²) in [7, 11) is 0. The molecule has 0 aliphatic heterocycles. The molecule has 1 aromatic carbocycles. The number of halogens is 2. The molecule has 2 atom stereocenters. The van der Waals surface area contributed by atoms with Crippen LogP contribution in [0.4, 0.5) is 4.39 Å². The number of hydrogen-bond donors (Lipinski definition) is 2. The zero-order chi connectivity index (χ0) is 12.8.